The van der Waals surface area contributed by atoms with E-state index >= 15 is 0 Å². The highest BCUT2D eigenvalue weighted by Gasteiger charge is 1.99. The third-order valence-corrected chi connectivity index (χ3v) is 1.46. The zero-order valence-corrected chi connectivity index (χ0v) is 6.74. The summed E-state index contributed by atoms with van der Waals surface area (Å²) in [5, 5.41) is 0. The summed E-state index contributed by atoms with van der Waals surface area (Å²) >= 11 is 0. The van der Waals surface area contributed by atoms with Crippen LogP contribution in [0.5, 0.6) is 0 Å². The fraction of sp³-hybridized carbons (Fsp3) is 0.500. The van der Waals surface area contributed by atoms with Crippen molar-refractivity contribution in [2.24, 2.45) is 5.73 Å². The molecule has 0 rings (SSSR count). The molecule has 1 nitrogen and oxygen atoms in total. The number of rotatable bonds is 2. The van der Waals surface area contributed by atoms with Gasteiger partial charge in [-0.25, -0.2) is 4.39 Å². The fourth-order valence-electron chi connectivity index (χ4n) is 0.560. The molecule has 0 saturated heterocycles. The quantitative estimate of drug-likeness (QED) is 0.590. The van der Waals surface area contributed by atoms with Crippen molar-refractivity contribution in [2.45, 2.75) is 27.2 Å². The average molecular weight is 143 g/mol. The Labute approximate surface area is 61.4 Å². The summed E-state index contributed by atoms with van der Waals surface area (Å²) in [5.41, 5.74) is 6.51. The van der Waals surface area contributed by atoms with Gasteiger partial charge in [0.15, 0.2) is 0 Å². The van der Waals surface area contributed by atoms with Gasteiger partial charge in [-0.15, -0.1) is 0 Å². The van der Waals surface area contributed by atoms with E-state index in [2.05, 4.69) is 0 Å². The molecular weight excluding hydrogens is 129 g/mol. The summed E-state index contributed by atoms with van der Waals surface area (Å²) in [5.74, 6) is -0.226. The number of hydrogen-bond donors (Lipinski definition) is 1. The molecule has 0 spiro atoms. The average Bonchev–Trinajstić information content (AvgIpc) is 2.00. The fourth-order valence-corrected chi connectivity index (χ4v) is 0.560. The van der Waals surface area contributed by atoms with Crippen molar-refractivity contribution in [3.63, 3.8) is 0 Å². The second kappa shape index (κ2) is 4.09. The molecule has 10 heavy (non-hydrogen) atoms. The Morgan fingerprint density at radius 2 is 2.10 bits per heavy atom. The maximum absolute atomic E-state index is 12.7. The van der Waals surface area contributed by atoms with Gasteiger partial charge in [0, 0.05) is 0 Å². The Bertz CT molecular complexity index is 168. The van der Waals surface area contributed by atoms with Crippen LogP contribution in [0.1, 0.15) is 27.2 Å². The van der Waals surface area contributed by atoms with E-state index in [0.29, 0.717) is 6.42 Å². The first-order chi connectivity index (χ1) is 4.63. The van der Waals surface area contributed by atoms with E-state index in [4.69, 9.17) is 5.73 Å². The second-order valence-corrected chi connectivity index (χ2v) is 2.14. The first-order valence-corrected chi connectivity index (χ1v) is 3.40. The van der Waals surface area contributed by atoms with Crippen LogP contribution >= 0.6 is 0 Å². The molecule has 2 heteroatoms. The molecule has 0 heterocycles. The highest BCUT2D eigenvalue weighted by molar-refractivity contribution is 5.27. The third-order valence-electron chi connectivity index (χ3n) is 1.46. The van der Waals surface area contributed by atoms with Crippen molar-refractivity contribution in [3.05, 3.63) is 23.2 Å². The largest absolute Gasteiger partial charge is 0.396 e. The van der Waals surface area contributed by atoms with E-state index in [0.717, 1.165) is 5.57 Å². The predicted octanol–water partition coefficient (Wildman–Crippen LogP) is 2.50. The maximum atomic E-state index is 12.7. The lowest BCUT2D eigenvalue weighted by Gasteiger charge is -2.01. The molecule has 0 fully saturated rings. The molecule has 0 bridgehead atoms. The highest BCUT2D eigenvalue weighted by Crippen LogP contribution is 2.12. The van der Waals surface area contributed by atoms with E-state index in [9.17, 15) is 4.39 Å². The molecule has 0 aliphatic rings. The van der Waals surface area contributed by atoms with Gasteiger partial charge >= 0.3 is 0 Å². The van der Waals surface area contributed by atoms with Gasteiger partial charge in [0.25, 0.3) is 0 Å². The first-order valence-electron chi connectivity index (χ1n) is 3.40. The van der Waals surface area contributed by atoms with E-state index < -0.39 is 0 Å². The van der Waals surface area contributed by atoms with Crippen LogP contribution in [0.25, 0.3) is 0 Å². The molecule has 58 valence electrons. The van der Waals surface area contributed by atoms with E-state index in [-0.39, 0.29) is 11.5 Å². The van der Waals surface area contributed by atoms with Crippen LogP contribution in [0.4, 0.5) is 4.39 Å². The van der Waals surface area contributed by atoms with Gasteiger partial charge in [0.2, 0.25) is 0 Å². The number of nitrogens with two attached hydrogens (primary N) is 1. The van der Waals surface area contributed by atoms with Crippen LogP contribution in [0.2, 0.25) is 0 Å². The minimum Gasteiger partial charge on any atom is -0.396 e. The smallest absolute Gasteiger partial charge is 0.123 e. The first kappa shape index (κ1) is 9.21. The van der Waals surface area contributed by atoms with Gasteiger partial charge in [-0.1, -0.05) is 13.0 Å². The number of hydrogen-bond acceptors (Lipinski definition) is 1. The van der Waals surface area contributed by atoms with Gasteiger partial charge in [-0.2, -0.15) is 0 Å². The maximum Gasteiger partial charge on any atom is 0.123 e. The Morgan fingerprint density at radius 1 is 1.60 bits per heavy atom. The van der Waals surface area contributed by atoms with Gasteiger partial charge in [0.05, 0.1) is 5.70 Å². The predicted molar refractivity (Wildman–Crippen MR) is 42.0 cm³/mol. The molecule has 2 N–H and O–H groups in total. The Hall–Kier alpha value is -0.790. The Morgan fingerprint density at radius 3 is 2.40 bits per heavy atom. The van der Waals surface area contributed by atoms with E-state index in [1.807, 2.05) is 6.92 Å². The lowest BCUT2D eigenvalue weighted by molar-refractivity contribution is 0.592. The molecule has 0 radical (unpaired) electrons. The number of halogens is 1. The van der Waals surface area contributed by atoms with Crippen molar-refractivity contribution in [3.8, 4) is 0 Å². The second-order valence-electron chi connectivity index (χ2n) is 2.14. The summed E-state index contributed by atoms with van der Waals surface area (Å²) < 4.78 is 12.7. The minimum atomic E-state index is -0.226. The molecule has 0 aliphatic carbocycles. The van der Waals surface area contributed by atoms with Crippen molar-refractivity contribution in [1.82, 2.24) is 0 Å². The van der Waals surface area contributed by atoms with Gasteiger partial charge in [-0.05, 0) is 25.8 Å². The molecule has 0 aromatic heterocycles. The molecule has 0 aromatic rings. The van der Waals surface area contributed by atoms with Crippen LogP contribution < -0.4 is 5.73 Å². The third kappa shape index (κ3) is 2.21. The highest BCUT2D eigenvalue weighted by atomic mass is 19.1. The van der Waals surface area contributed by atoms with Crippen molar-refractivity contribution in [2.75, 3.05) is 0 Å². The van der Waals surface area contributed by atoms with Crippen molar-refractivity contribution >= 4 is 0 Å². The SMILES string of the molecule is C/C=C(C)\C(N)=C(\F)CC. The monoisotopic (exact) mass is 143 g/mol. The van der Waals surface area contributed by atoms with Crippen LogP contribution in [0.3, 0.4) is 0 Å². The minimum absolute atomic E-state index is 0.226. The van der Waals surface area contributed by atoms with Gasteiger partial charge < -0.3 is 5.73 Å². The lowest BCUT2D eigenvalue weighted by atomic mass is 10.2. The zero-order valence-electron chi connectivity index (χ0n) is 6.74. The number of allylic oxidation sites excluding steroid dienone is 3. The van der Waals surface area contributed by atoms with Crippen LogP contribution in [-0.2, 0) is 0 Å². The lowest BCUT2D eigenvalue weighted by Crippen LogP contribution is -2.00. The normalized spacial score (nSPS) is 15.0. The standard InChI is InChI=1S/C8H14FN/c1-4-6(3)8(10)7(9)5-2/h4H,5,10H2,1-3H3/b6-4-,8-7-. The molecular formula is C8H14FN. The Balaban J connectivity index is 4.46. The van der Waals surface area contributed by atoms with Crippen LogP contribution in [0, 0.1) is 0 Å². The van der Waals surface area contributed by atoms with Crippen LogP contribution in [0.15, 0.2) is 23.2 Å². The summed E-state index contributed by atoms with van der Waals surface area (Å²) in [4.78, 5) is 0. The van der Waals surface area contributed by atoms with Crippen molar-refractivity contribution in [1.29, 1.82) is 0 Å². The topological polar surface area (TPSA) is 26.0 Å². The van der Waals surface area contributed by atoms with Crippen molar-refractivity contribution < 1.29 is 4.39 Å². The summed E-state index contributed by atoms with van der Waals surface area (Å²) in [6, 6.07) is 0. The van der Waals surface area contributed by atoms with Crippen LogP contribution in [-0.4, -0.2) is 0 Å². The summed E-state index contributed by atoms with van der Waals surface area (Å²) in [7, 11) is 0. The van der Waals surface area contributed by atoms with E-state index in [1.165, 1.54) is 0 Å². The van der Waals surface area contributed by atoms with Gasteiger partial charge in [-0.3, -0.25) is 0 Å². The summed E-state index contributed by atoms with van der Waals surface area (Å²) in [6.07, 6.45) is 2.17. The van der Waals surface area contributed by atoms with E-state index in [1.54, 1.807) is 19.9 Å². The molecule has 0 saturated carbocycles. The molecule has 0 unspecified atom stereocenters. The van der Waals surface area contributed by atoms with Gasteiger partial charge in [0.1, 0.15) is 5.83 Å². The molecule has 0 atom stereocenters. The molecule has 0 amide bonds. The summed E-state index contributed by atoms with van der Waals surface area (Å²) in [6.45, 7) is 5.38. The zero-order chi connectivity index (χ0) is 8.15. The Kier molecular flexibility index (Phi) is 3.77. The molecule has 0 aromatic carbocycles. The molecule has 0 aliphatic heterocycles.